The fourth-order valence-electron chi connectivity index (χ4n) is 2.43. The van der Waals surface area contributed by atoms with Crippen molar-refractivity contribution in [1.82, 2.24) is 10.1 Å². The summed E-state index contributed by atoms with van der Waals surface area (Å²) in [4.78, 5) is 16.5. The molecule has 0 aliphatic carbocycles. The number of hydrogen-bond donors (Lipinski definition) is 1. The molecule has 0 atom stereocenters. The molecule has 140 valence electrons. The van der Waals surface area contributed by atoms with E-state index in [0.717, 1.165) is 0 Å². The molecule has 2 aromatic rings. The van der Waals surface area contributed by atoms with Gasteiger partial charge >= 0.3 is 0 Å². The second kappa shape index (κ2) is 7.53. The number of nitrogens with one attached hydrogen (secondary N) is 1. The molecule has 1 N–H and O–H groups in total. The van der Waals surface area contributed by atoms with Gasteiger partial charge in [-0.25, -0.2) is 0 Å². The molecule has 26 heavy (non-hydrogen) atoms. The number of aromatic nitrogens is 2. The zero-order chi connectivity index (χ0) is 18.7. The Morgan fingerprint density at radius 2 is 1.92 bits per heavy atom. The highest BCUT2D eigenvalue weighted by molar-refractivity contribution is 6.34. The first-order valence-corrected chi connectivity index (χ1v) is 8.93. The van der Waals surface area contributed by atoms with E-state index in [0.29, 0.717) is 66.4 Å². The van der Waals surface area contributed by atoms with Crippen molar-refractivity contribution < 1.29 is 18.8 Å². The predicted molar refractivity (Wildman–Crippen MR) is 97.0 cm³/mol. The standard InChI is InChI=1S/C18H22ClN3O4/c1-18(2,3)17-21-16(26-22-17)6-4-5-15(23)20-12-10-14-13(9-11(12)19)24-7-8-25-14/h9-10H,4-8H2,1-3H3,(H,20,23). The van der Waals surface area contributed by atoms with Crippen molar-refractivity contribution in [3.63, 3.8) is 0 Å². The van der Waals surface area contributed by atoms with Gasteiger partial charge in [-0.2, -0.15) is 4.98 Å². The molecule has 8 heteroatoms. The minimum absolute atomic E-state index is 0.140. The maximum atomic E-state index is 12.2. The van der Waals surface area contributed by atoms with Gasteiger partial charge in [-0.05, 0) is 6.42 Å². The molecule has 7 nitrogen and oxygen atoms in total. The minimum Gasteiger partial charge on any atom is -0.486 e. The first-order chi connectivity index (χ1) is 12.3. The van der Waals surface area contributed by atoms with E-state index in [-0.39, 0.29) is 11.3 Å². The Balaban J connectivity index is 1.52. The first-order valence-electron chi connectivity index (χ1n) is 8.55. The van der Waals surface area contributed by atoms with Gasteiger partial charge in [0.25, 0.3) is 0 Å². The number of halogens is 1. The normalized spacial score (nSPS) is 13.5. The number of carbonyl (C=O) groups is 1. The number of nitrogens with zero attached hydrogens (tertiary/aromatic N) is 2. The Hall–Kier alpha value is -2.28. The summed E-state index contributed by atoms with van der Waals surface area (Å²) in [5, 5.41) is 7.19. The van der Waals surface area contributed by atoms with E-state index in [1.54, 1.807) is 12.1 Å². The van der Waals surface area contributed by atoms with E-state index in [1.165, 1.54) is 0 Å². The van der Waals surface area contributed by atoms with Crippen LogP contribution in [0.3, 0.4) is 0 Å². The van der Waals surface area contributed by atoms with Crippen LogP contribution >= 0.6 is 11.6 Å². The average Bonchev–Trinajstić information content (AvgIpc) is 3.05. The highest BCUT2D eigenvalue weighted by Crippen LogP contribution is 2.38. The second-order valence-corrected chi connectivity index (χ2v) is 7.55. The Labute approximate surface area is 157 Å². The van der Waals surface area contributed by atoms with Gasteiger partial charge in [0.2, 0.25) is 11.8 Å². The van der Waals surface area contributed by atoms with E-state index in [2.05, 4.69) is 15.5 Å². The van der Waals surface area contributed by atoms with E-state index >= 15 is 0 Å². The summed E-state index contributed by atoms with van der Waals surface area (Å²) in [7, 11) is 0. The number of hydrogen-bond acceptors (Lipinski definition) is 6. The zero-order valence-corrected chi connectivity index (χ0v) is 15.9. The molecule has 0 unspecified atom stereocenters. The summed E-state index contributed by atoms with van der Waals surface area (Å²) in [5.74, 6) is 2.24. The van der Waals surface area contributed by atoms with Crippen LogP contribution in [0.4, 0.5) is 5.69 Å². The maximum Gasteiger partial charge on any atom is 0.226 e. The summed E-state index contributed by atoms with van der Waals surface area (Å²) in [6.07, 6.45) is 1.46. The summed E-state index contributed by atoms with van der Waals surface area (Å²) >= 11 is 6.20. The van der Waals surface area contributed by atoms with Gasteiger partial charge in [0.15, 0.2) is 17.3 Å². The molecule has 0 saturated carbocycles. The SMILES string of the molecule is CC(C)(C)c1noc(CCCC(=O)Nc2cc3c(cc2Cl)OCCO3)n1. The highest BCUT2D eigenvalue weighted by Gasteiger charge is 2.21. The Kier molecular flexibility index (Phi) is 5.36. The van der Waals surface area contributed by atoms with E-state index in [4.69, 9.17) is 25.6 Å². The van der Waals surface area contributed by atoms with Gasteiger partial charge in [-0.3, -0.25) is 4.79 Å². The number of rotatable bonds is 5. The lowest BCUT2D eigenvalue weighted by Crippen LogP contribution is -2.16. The molecule has 1 aromatic heterocycles. The fraction of sp³-hybridized carbons (Fsp3) is 0.500. The monoisotopic (exact) mass is 379 g/mol. The molecule has 1 aliphatic rings. The third kappa shape index (κ3) is 4.46. The van der Waals surface area contributed by atoms with Gasteiger partial charge in [0.1, 0.15) is 13.2 Å². The molecule has 0 spiro atoms. The van der Waals surface area contributed by atoms with E-state index < -0.39 is 0 Å². The predicted octanol–water partition coefficient (Wildman–Crippen LogP) is 3.75. The largest absolute Gasteiger partial charge is 0.486 e. The van der Waals surface area contributed by atoms with Crippen LogP contribution in [0.15, 0.2) is 16.7 Å². The summed E-state index contributed by atoms with van der Waals surface area (Å²) in [6.45, 7) is 7.02. The third-order valence-electron chi connectivity index (χ3n) is 3.84. The van der Waals surface area contributed by atoms with Crippen LogP contribution < -0.4 is 14.8 Å². The molecule has 1 aromatic carbocycles. The zero-order valence-electron chi connectivity index (χ0n) is 15.1. The molecule has 0 bridgehead atoms. The molecule has 3 rings (SSSR count). The molecule has 0 fully saturated rings. The first kappa shape index (κ1) is 18.5. The van der Waals surface area contributed by atoms with Crippen LogP contribution in [0.5, 0.6) is 11.5 Å². The Bertz CT molecular complexity index is 798. The molecular weight excluding hydrogens is 358 g/mol. The van der Waals surface area contributed by atoms with Crippen molar-refractivity contribution in [3.8, 4) is 11.5 Å². The van der Waals surface area contributed by atoms with Gasteiger partial charge in [-0.15, -0.1) is 0 Å². The van der Waals surface area contributed by atoms with E-state index in [1.807, 2.05) is 20.8 Å². The van der Waals surface area contributed by atoms with Crippen molar-refractivity contribution in [2.75, 3.05) is 18.5 Å². The highest BCUT2D eigenvalue weighted by atomic mass is 35.5. The Morgan fingerprint density at radius 3 is 2.58 bits per heavy atom. The number of aryl methyl sites for hydroxylation is 1. The molecule has 0 saturated heterocycles. The summed E-state index contributed by atoms with van der Waals surface area (Å²) in [5.41, 5.74) is 0.349. The summed E-state index contributed by atoms with van der Waals surface area (Å²) in [6, 6.07) is 3.33. The number of anilines is 1. The summed E-state index contributed by atoms with van der Waals surface area (Å²) < 4.78 is 16.2. The van der Waals surface area contributed by atoms with Crippen LogP contribution in [0.2, 0.25) is 5.02 Å². The smallest absolute Gasteiger partial charge is 0.226 e. The molecule has 2 heterocycles. The van der Waals surface area contributed by atoms with Crippen LogP contribution in [0, 0.1) is 0 Å². The number of amides is 1. The maximum absolute atomic E-state index is 12.2. The minimum atomic E-state index is -0.159. The van der Waals surface area contributed by atoms with Crippen molar-refractivity contribution in [1.29, 1.82) is 0 Å². The Morgan fingerprint density at radius 1 is 1.23 bits per heavy atom. The fourth-order valence-corrected chi connectivity index (χ4v) is 2.63. The lowest BCUT2D eigenvalue weighted by molar-refractivity contribution is -0.116. The lowest BCUT2D eigenvalue weighted by Gasteiger charge is -2.20. The number of fused-ring (bicyclic) bond motifs is 1. The van der Waals surface area contributed by atoms with Crippen LogP contribution in [0.25, 0.3) is 0 Å². The topological polar surface area (TPSA) is 86.5 Å². The van der Waals surface area contributed by atoms with Gasteiger partial charge in [0, 0.05) is 30.4 Å². The quantitative estimate of drug-likeness (QED) is 0.851. The molecule has 1 amide bonds. The molecule has 0 radical (unpaired) electrons. The van der Waals surface area contributed by atoms with Crippen molar-refractivity contribution in [3.05, 3.63) is 28.9 Å². The lowest BCUT2D eigenvalue weighted by atomic mass is 9.96. The van der Waals surface area contributed by atoms with Crippen molar-refractivity contribution >= 4 is 23.2 Å². The third-order valence-corrected chi connectivity index (χ3v) is 4.15. The number of carbonyl (C=O) groups excluding carboxylic acids is 1. The van der Waals surface area contributed by atoms with Crippen molar-refractivity contribution in [2.45, 2.75) is 45.4 Å². The molecule has 1 aliphatic heterocycles. The van der Waals surface area contributed by atoms with Gasteiger partial charge in [0.05, 0.1) is 10.7 Å². The number of ether oxygens (including phenoxy) is 2. The van der Waals surface area contributed by atoms with Gasteiger partial charge in [-0.1, -0.05) is 37.5 Å². The van der Waals surface area contributed by atoms with Crippen LogP contribution in [-0.2, 0) is 16.6 Å². The average molecular weight is 380 g/mol. The van der Waals surface area contributed by atoms with E-state index in [9.17, 15) is 4.79 Å². The van der Waals surface area contributed by atoms with Crippen LogP contribution in [0.1, 0.15) is 45.3 Å². The second-order valence-electron chi connectivity index (χ2n) is 7.14. The van der Waals surface area contributed by atoms with Crippen molar-refractivity contribution in [2.24, 2.45) is 0 Å². The number of benzene rings is 1. The van der Waals surface area contributed by atoms with Gasteiger partial charge < -0.3 is 19.3 Å². The molecular formula is C18H22ClN3O4. The van der Waals surface area contributed by atoms with Crippen LogP contribution in [-0.4, -0.2) is 29.3 Å².